The summed E-state index contributed by atoms with van der Waals surface area (Å²) < 4.78 is 0. The average Bonchev–Trinajstić information content (AvgIpc) is 3.05. The Hall–Kier alpha value is -1.87. The summed E-state index contributed by atoms with van der Waals surface area (Å²) in [4.78, 5) is 0. The molecule has 0 saturated heterocycles. The predicted molar refractivity (Wildman–Crippen MR) is 201 cm³/mol. The van der Waals surface area contributed by atoms with Crippen molar-refractivity contribution < 1.29 is 5.15 Å². The predicted octanol–water partition coefficient (Wildman–Crippen LogP) is 8.12. The molecular weight excluding hydrogens is 807 g/mol. The van der Waals surface area contributed by atoms with Gasteiger partial charge in [0, 0.05) is 0 Å². The van der Waals surface area contributed by atoms with Crippen LogP contribution in [0.15, 0.2) is 182 Å². The number of hydrogen-bond donors (Lipinski definition) is 0. The molecule has 0 aliphatic carbocycles. The third-order valence-corrected chi connectivity index (χ3v) is 57.2. The number of halogens is 2. The third kappa shape index (κ3) is 4.97. The van der Waals surface area contributed by atoms with Crippen molar-refractivity contribution in [1.29, 1.82) is 0 Å². The van der Waals surface area contributed by atoms with Gasteiger partial charge in [-0.1, -0.05) is 0 Å². The van der Waals surface area contributed by atoms with Crippen LogP contribution in [0.25, 0.3) is 0 Å². The molecule has 6 aromatic rings. The molecule has 0 bridgehead atoms. The van der Waals surface area contributed by atoms with E-state index < -0.39 is 17.2 Å². The maximum absolute atomic E-state index is 3.03. The van der Waals surface area contributed by atoms with Crippen LogP contribution in [-0.4, -0.2) is 0 Å². The molecule has 210 valence electrons. The molecular formula is C36H32I2NiP2. The summed E-state index contributed by atoms with van der Waals surface area (Å²) in [7, 11) is 0. The zero-order valence-corrected chi connectivity index (χ0v) is 29.7. The molecule has 0 heterocycles. The third-order valence-electron chi connectivity index (χ3n) is 7.52. The second-order valence-electron chi connectivity index (χ2n) is 9.78. The van der Waals surface area contributed by atoms with Crippen LogP contribution >= 0.6 is 53.0 Å². The average molecular weight is 839 g/mol. The summed E-state index contributed by atoms with van der Waals surface area (Å²) in [5.74, 6) is 0. The molecule has 0 saturated carbocycles. The van der Waals surface area contributed by atoms with Crippen LogP contribution in [-0.2, 0) is 5.15 Å². The van der Waals surface area contributed by atoms with Gasteiger partial charge in [0.15, 0.2) is 0 Å². The second-order valence-corrected chi connectivity index (χ2v) is 50.9. The number of benzene rings is 6. The SMILES string of the molecule is [I][Ni]([I])([PH](c1ccccc1)(c1ccccc1)c1ccccc1)[PH](c1ccccc1)(c1ccccc1)c1ccccc1. The van der Waals surface area contributed by atoms with Crippen LogP contribution in [0, 0.1) is 0 Å². The molecule has 0 spiro atoms. The first-order chi connectivity index (χ1) is 20.1. The molecule has 0 nitrogen and oxygen atoms in total. The van der Waals surface area contributed by atoms with Gasteiger partial charge in [-0.15, -0.1) is 0 Å². The molecule has 0 atom stereocenters. The van der Waals surface area contributed by atoms with E-state index in [-0.39, 0.29) is 0 Å². The molecule has 5 heteroatoms. The van der Waals surface area contributed by atoms with Gasteiger partial charge >= 0.3 is 272 Å². The molecule has 0 fully saturated rings. The summed E-state index contributed by atoms with van der Waals surface area (Å²) in [5, 5.41) is 7.08. The van der Waals surface area contributed by atoms with Crippen molar-refractivity contribution in [2.45, 2.75) is 0 Å². The van der Waals surface area contributed by atoms with Crippen LogP contribution < -0.4 is 31.8 Å². The zero-order valence-electron chi connectivity index (χ0n) is 22.4. The molecule has 0 aliphatic heterocycles. The summed E-state index contributed by atoms with van der Waals surface area (Å²) in [6.07, 6.45) is 0. The number of rotatable bonds is 8. The molecule has 41 heavy (non-hydrogen) atoms. The first-order valence-corrected chi connectivity index (χ1v) is 26.5. The van der Waals surface area contributed by atoms with Gasteiger partial charge in [0.2, 0.25) is 0 Å². The van der Waals surface area contributed by atoms with Gasteiger partial charge in [0.25, 0.3) is 0 Å². The quantitative estimate of drug-likeness (QED) is 0.0827. The number of hydrogen-bond acceptors (Lipinski definition) is 0. The zero-order chi connectivity index (χ0) is 28.2. The van der Waals surface area contributed by atoms with Crippen LogP contribution in [0.2, 0.25) is 0 Å². The van der Waals surface area contributed by atoms with E-state index in [9.17, 15) is 0 Å². The Bertz CT molecular complexity index is 1360. The molecule has 0 aliphatic rings. The van der Waals surface area contributed by atoms with E-state index in [0.29, 0.717) is 0 Å². The van der Waals surface area contributed by atoms with Crippen LogP contribution in [0.5, 0.6) is 0 Å². The van der Waals surface area contributed by atoms with E-state index in [1.54, 1.807) is 0 Å². The Morgan fingerprint density at radius 3 is 0.561 bits per heavy atom. The van der Waals surface area contributed by atoms with Gasteiger partial charge in [-0.3, -0.25) is 0 Å². The monoisotopic (exact) mass is 838 g/mol. The molecule has 0 N–H and O–H groups in total. The van der Waals surface area contributed by atoms with E-state index in [0.717, 1.165) is 0 Å². The van der Waals surface area contributed by atoms with E-state index in [4.69, 9.17) is 0 Å². The first kappa shape index (κ1) is 29.2. The van der Waals surface area contributed by atoms with Crippen molar-refractivity contribution >= 4 is 84.9 Å². The summed E-state index contributed by atoms with van der Waals surface area (Å²) in [5.41, 5.74) is 0. The minimum atomic E-state index is -2.71. The topological polar surface area (TPSA) is 0 Å². The Kier molecular flexibility index (Phi) is 9.11. The molecule has 6 aromatic carbocycles. The van der Waals surface area contributed by atoms with Gasteiger partial charge < -0.3 is 0 Å². The van der Waals surface area contributed by atoms with E-state index in [1.807, 2.05) is 0 Å². The molecule has 0 amide bonds. The fraction of sp³-hybridized carbons (Fsp3) is 0. The molecule has 0 unspecified atom stereocenters. The van der Waals surface area contributed by atoms with E-state index >= 15 is 0 Å². The Morgan fingerprint density at radius 1 is 0.268 bits per heavy atom. The van der Waals surface area contributed by atoms with Gasteiger partial charge in [0.1, 0.15) is 0 Å². The fourth-order valence-corrected chi connectivity index (χ4v) is 64.8. The maximum atomic E-state index is 3.03. The molecule has 0 radical (unpaired) electrons. The van der Waals surface area contributed by atoms with Crippen molar-refractivity contribution in [3.8, 4) is 0 Å². The van der Waals surface area contributed by atoms with Crippen molar-refractivity contribution in [3.05, 3.63) is 182 Å². The molecule has 0 aromatic heterocycles. The van der Waals surface area contributed by atoms with E-state index in [2.05, 4.69) is 223 Å². The second kappa shape index (κ2) is 12.8. The normalized spacial score (nSPS) is 13.3. The summed E-state index contributed by atoms with van der Waals surface area (Å²) in [6.45, 7) is 0. The van der Waals surface area contributed by atoms with Crippen molar-refractivity contribution in [1.82, 2.24) is 0 Å². The Labute approximate surface area is 269 Å². The van der Waals surface area contributed by atoms with Crippen LogP contribution in [0.3, 0.4) is 0 Å². The minimum absolute atomic E-state index is 1.47. The van der Waals surface area contributed by atoms with Gasteiger partial charge in [-0.25, -0.2) is 0 Å². The van der Waals surface area contributed by atoms with Gasteiger partial charge in [-0.05, 0) is 0 Å². The van der Waals surface area contributed by atoms with Crippen molar-refractivity contribution in [2.75, 3.05) is 0 Å². The van der Waals surface area contributed by atoms with Crippen molar-refractivity contribution in [2.24, 2.45) is 0 Å². The van der Waals surface area contributed by atoms with Gasteiger partial charge in [-0.2, -0.15) is 0 Å². The summed E-state index contributed by atoms with van der Waals surface area (Å²) >= 11 is 6.06. The summed E-state index contributed by atoms with van der Waals surface area (Å²) in [6, 6.07) is 63.4. The van der Waals surface area contributed by atoms with Crippen molar-refractivity contribution in [3.63, 3.8) is 0 Å². The van der Waals surface area contributed by atoms with Crippen LogP contribution in [0.4, 0.5) is 0 Å². The van der Waals surface area contributed by atoms with E-state index in [1.165, 1.54) is 31.8 Å². The fourth-order valence-electron chi connectivity index (χ4n) is 5.81. The van der Waals surface area contributed by atoms with Crippen LogP contribution in [0.1, 0.15) is 0 Å². The van der Waals surface area contributed by atoms with Gasteiger partial charge in [0.05, 0.1) is 0 Å². The first-order valence-electron chi connectivity index (χ1n) is 13.5. The Balaban J connectivity index is 1.86. The molecule has 6 rings (SSSR count). The Morgan fingerprint density at radius 2 is 0.415 bits per heavy atom. The standard InChI is InChI=1S/2C18H15P.2HI.Ni/c2*1-4-10-16(11-5-1)19(17-12-6-2-7-13-17)18-14-8-3-9-15-18;;;/h2*1-15H;2*1H;.